The second-order valence-electron chi connectivity index (χ2n) is 6.88. The highest BCUT2D eigenvalue weighted by atomic mass is 19.1. The van der Waals surface area contributed by atoms with E-state index < -0.39 is 0 Å². The Balaban J connectivity index is 1.46. The van der Waals surface area contributed by atoms with Gasteiger partial charge in [-0.15, -0.1) is 0 Å². The number of aromatic nitrogens is 1. The third kappa shape index (κ3) is 5.38. The van der Waals surface area contributed by atoms with Crippen LogP contribution in [0.25, 0.3) is 0 Å². The Kier molecular flexibility index (Phi) is 6.15. The lowest BCUT2D eigenvalue weighted by atomic mass is 9.91. The number of pyridine rings is 1. The van der Waals surface area contributed by atoms with Gasteiger partial charge in [-0.2, -0.15) is 0 Å². The van der Waals surface area contributed by atoms with Crippen molar-refractivity contribution in [3.05, 3.63) is 65.7 Å². The second kappa shape index (κ2) is 8.75. The molecular formula is C21H25FN2O. The molecule has 1 aliphatic heterocycles. The van der Waals surface area contributed by atoms with Crippen molar-refractivity contribution in [3.8, 4) is 0 Å². The van der Waals surface area contributed by atoms with Crippen LogP contribution in [0.1, 0.15) is 36.8 Å². The molecule has 1 fully saturated rings. The van der Waals surface area contributed by atoms with Crippen LogP contribution in [0.3, 0.4) is 0 Å². The maximum absolute atomic E-state index is 13.3. The minimum atomic E-state index is -0.173. The van der Waals surface area contributed by atoms with Gasteiger partial charge in [0.1, 0.15) is 5.82 Å². The van der Waals surface area contributed by atoms with E-state index in [2.05, 4.69) is 4.98 Å². The van der Waals surface area contributed by atoms with Gasteiger partial charge in [-0.25, -0.2) is 4.39 Å². The van der Waals surface area contributed by atoms with Gasteiger partial charge in [-0.3, -0.25) is 9.78 Å². The van der Waals surface area contributed by atoms with Crippen molar-refractivity contribution in [2.24, 2.45) is 5.92 Å². The first-order valence-corrected chi connectivity index (χ1v) is 9.12. The van der Waals surface area contributed by atoms with Crippen molar-refractivity contribution >= 4 is 5.91 Å². The Morgan fingerprint density at radius 3 is 2.88 bits per heavy atom. The van der Waals surface area contributed by atoms with Gasteiger partial charge in [0.15, 0.2) is 0 Å². The Morgan fingerprint density at radius 2 is 2.08 bits per heavy atom. The molecule has 1 saturated heterocycles. The molecule has 3 rings (SSSR count). The molecule has 4 heteroatoms. The van der Waals surface area contributed by atoms with Crippen molar-refractivity contribution in [1.82, 2.24) is 9.88 Å². The fourth-order valence-corrected chi connectivity index (χ4v) is 3.55. The first kappa shape index (κ1) is 17.6. The van der Waals surface area contributed by atoms with Crippen LogP contribution in [-0.2, 0) is 17.6 Å². The Bertz CT molecular complexity index is 689. The van der Waals surface area contributed by atoms with Crippen molar-refractivity contribution in [3.63, 3.8) is 0 Å². The Morgan fingerprint density at radius 1 is 1.20 bits per heavy atom. The first-order chi connectivity index (χ1) is 12.2. The van der Waals surface area contributed by atoms with Gasteiger partial charge in [0.05, 0.1) is 0 Å². The van der Waals surface area contributed by atoms with E-state index in [4.69, 9.17) is 0 Å². The number of hydrogen-bond acceptors (Lipinski definition) is 2. The third-order valence-corrected chi connectivity index (χ3v) is 4.95. The van der Waals surface area contributed by atoms with Crippen molar-refractivity contribution in [2.45, 2.75) is 38.5 Å². The largest absolute Gasteiger partial charge is 0.342 e. The van der Waals surface area contributed by atoms with E-state index in [0.717, 1.165) is 56.3 Å². The number of amides is 1. The average Bonchev–Trinajstić information content (AvgIpc) is 2.65. The van der Waals surface area contributed by atoms with Crippen LogP contribution < -0.4 is 0 Å². The summed E-state index contributed by atoms with van der Waals surface area (Å²) in [6.45, 7) is 1.70. The van der Waals surface area contributed by atoms with Crippen LogP contribution in [0.2, 0.25) is 0 Å². The van der Waals surface area contributed by atoms with Crippen LogP contribution in [0.15, 0.2) is 48.8 Å². The molecule has 0 radical (unpaired) electrons. The summed E-state index contributed by atoms with van der Waals surface area (Å²) in [6, 6.07) is 10.7. The highest BCUT2D eigenvalue weighted by Gasteiger charge is 2.23. The summed E-state index contributed by atoms with van der Waals surface area (Å²) in [5, 5.41) is 0. The van der Waals surface area contributed by atoms with Crippen LogP contribution in [0, 0.1) is 11.7 Å². The van der Waals surface area contributed by atoms with E-state index in [1.54, 1.807) is 18.3 Å². The zero-order chi connectivity index (χ0) is 17.5. The summed E-state index contributed by atoms with van der Waals surface area (Å²) < 4.78 is 13.3. The molecule has 2 aromatic rings. The second-order valence-corrected chi connectivity index (χ2v) is 6.88. The monoisotopic (exact) mass is 340 g/mol. The number of piperidine rings is 1. The number of halogens is 1. The van der Waals surface area contributed by atoms with Gasteiger partial charge in [0.2, 0.25) is 5.91 Å². The number of carbonyl (C=O) groups excluding carboxylic acids is 1. The van der Waals surface area contributed by atoms with Crippen molar-refractivity contribution in [2.75, 3.05) is 13.1 Å². The van der Waals surface area contributed by atoms with E-state index in [0.29, 0.717) is 12.3 Å². The van der Waals surface area contributed by atoms with Gasteiger partial charge in [0, 0.05) is 31.9 Å². The maximum atomic E-state index is 13.3. The Hall–Kier alpha value is -2.23. The molecule has 1 aliphatic rings. The zero-order valence-corrected chi connectivity index (χ0v) is 14.5. The van der Waals surface area contributed by atoms with E-state index >= 15 is 0 Å². The number of benzene rings is 1. The smallest absolute Gasteiger partial charge is 0.222 e. The zero-order valence-electron chi connectivity index (χ0n) is 14.5. The highest BCUT2D eigenvalue weighted by Crippen LogP contribution is 2.22. The molecule has 3 nitrogen and oxygen atoms in total. The summed E-state index contributed by atoms with van der Waals surface area (Å²) in [5.41, 5.74) is 2.15. The van der Waals surface area contributed by atoms with Gasteiger partial charge in [-0.1, -0.05) is 18.2 Å². The number of rotatable bonds is 6. The molecule has 25 heavy (non-hydrogen) atoms. The van der Waals surface area contributed by atoms with Gasteiger partial charge >= 0.3 is 0 Å². The fraction of sp³-hybridized carbons (Fsp3) is 0.429. The van der Waals surface area contributed by atoms with Gasteiger partial charge in [-0.05, 0) is 67.3 Å². The third-order valence-electron chi connectivity index (χ3n) is 4.95. The SMILES string of the molecule is O=C(CCc1cccnc1)N1CCC[C@@H](CCc2cccc(F)c2)C1. The molecule has 0 aliphatic carbocycles. The number of aryl methyl sites for hydroxylation is 2. The predicted octanol–water partition coefficient (Wildman–Crippen LogP) is 4.02. The van der Waals surface area contributed by atoms with Gasteiger partial charge in [0.25, 0.3) is 0 Å². The van der Waals surface area contributed by atoms with Crippen molar-refractivity contribution in [1.29, 1.82) is 0 Å². The average molecular weight is 340 g/mol. The number of carbonyl (C=O) groups is 1. The van der Waals surface area contributed by atoms with Crippen LogP contribution in [-0.4, -0.2) is 28.9 Å². The summed E-state index contributed by atoms with van der Waals surface area (Å²) in [4.78, 5) is 18.6. The van der Waals surface area contributed by atoms with E-state index in [-0.39, 0.29) is 11.7 Å². The summed E-state index contributed by atoms with van der Waals surface area (Å²) in [6.07, 6.45) is 8.97. The molecule has 0 bridgehead atoms. The van der Waals surface area contributed by atoms with Crippen LogP contribution in [0.4, 0.5) is 4.39 Å². The molecule has 1 aromatic heterocycles. The number of hydrogen-bond donors (Lipinski definition) is 0. The Labute approximate surface area is 148 Å². The normalized spacial score (nSPS) is 17.5. The lowest BCUT2D eigenvalue weighted by molar-refractivity contribution is -0.133. The quantitative estimate of drug-likeness (QED) is 0.795. The van der Waals surface area contributed by atoms with E-state index in [9.17, 15) is 9.18 Å². The summed E-state index contributed by atoms with van der Waals surface area (Å²) in [5.74, 6) is 0.576. The molecule has 0 unspecified atom stereocenters. The minimum absolute atomic E-state index is 0.173. The van der Waals surface area contributed by atoms with E-state index in [1.807, 2.05) is 29.3 Å². The maximum Gasteiger partial charge on any atom is 0.222 e. The number of nitrogens with zero attached hydrogens (tertiary/aromatic N) is 2. The number of likely N-dealkylation sites (tertiary alicyclic amines) is 1. The van der Waals surface area contributed by atoms with Crippen LogP contribution >= 0.6 is 0 Å². The molecule has 2 heterocycles. The molecule has 0 spiro atoms. The molecule has 0 saturated carbocycles. The molecule has 1 aromatic carbocycles. The predicted molar refractivity (Wildman–Crippen MR) is 96.6 cm³/mol. The first-order valence-electron chi connectivity index (χ1n) is 9.12. The highest BCUT2D eigenvalue weighted by molar-refractivity contribution is 5.76. The molecule has 132 valence electrons. The molecule has 1 amide bonds. The van der Waals surface area contributed by atoms with E-state index in [1.165, 1.54) is 6.07 Å². The van der Waals surface area contributed by atoms with Crippen LogP contribution in [0.5, 0.6) is 0 Å². The van der Waals surface area contributed by atoms with Gasteiger partial charge < -0.3 is 4.90 Å². The topological polar surface area (TPSA) is 33.2 Å². The lowest BCUT2D eigenvalue weighted by Gasteiger charge is -2.33. The molecular weight excluding hydrogens is 315 g/mol. The minimum Gasteiger partial charge on any atom is -0.342 e. The molecule has 1 atom stereocenters. The fourth-order valence-electron chi connectivity index (χ4n) is 3.55. The summed E-state index contributed by atoms with van der Waals surface area (Å²) >= 11 is 0. The summed E-state index contributed by atoms with van der Waals surface area (Å²) in [7, 11) is 0. The standard InChI is InChI=1S/C21H25FN2O/c22-20-7-1-4-17(14-20)8-9-19-6-3-13-24(16-19)21(25)11-10-18-5-2-12-23-15-18/h1-2,4-5,7,12,14-15,19H,3,6,8-11,13,16H2/t19-/m0/s1. The van der Waals surface area contributed by atoms with Crippen molar-refractivity contribution < 1.29 is 9.18 Å². The molecule has 0 N–H and O–H groups in total. The lowest BCUT2D eigenvalue weighted by Crippen LogP contribution is -2.40.